The molecule has 0 aromatic heterocycles. The number of carbonyl (C=O) groups is 1. The van der Waals surface area contributed by atoms with Crippen LogP contribution in [-0.2, 0) is 4.79 Å². The van der Waals surface area contributed by atoms with Crippen molar-refractivity contribution in [3.8, 4) is 0 Å². The fraction of sp³-hybridized carbons (Fsp3) is 0.300. The molecule has 1 rings (SSSR count). The topological polar surface area (TPSA) is 81.1 Å². The maximum absolute atomic E-state index is 10.7. The van der Waals surface area contributed by atoms with Crippen LogP contribution in [0.5, 0.6) is 0 Å². The van der Waals surface area contributed by atoms with Crippen molar-refractivity contribution in [2.45, 2.75) is 19.4 Å². The Hall–Kier alpha value is -1.23. The average molecular weight is 272 g/mol. The van der Waals surface area contributed by atoms with E-state index < -0.39 is 0 Å². The van der Waals surface area contributed by atoms with Gasteiger partial charge in [0.1, 0.15) is 0 Å². The second kappa shape index (κ2) is 5.02. The van der Waals surface area contributed by atoms with E-state index in [0.717, 1.165) is 10.2 Å². The molecule has 4 nitrogen and oxygen atoms in total. The number of rotatable bonds is 4. The van der Waals surface area contributed by atoms with Crippen molar-refractivity contribution in [2.24, 2.45) is 5.73 Å². The van der Waals surface area contributed by atoms with Crippen LogP contribution in [0.25, 0.3) is 0 Å². The van der Waals surface area contributed by atoms with Gasteiger partial charge in [0.2, 0.25) is 5.91 Å². The molecule has 1 aromatic carbocycles. The van der Waals surface area contributed by atoms with Gasteiger partial charge in [-0.15, -0.1) is 0 Å². The first-order chi connectivity index (χ1) is 6.99. The third-order valence-corrected chi connectivity index (χ3v) is 2.42. The first-order valence-corrected chi connectivity index (χ1v) is 5.38. The Morgan fingerprint density at radius 2 is 2.27 bits per heavy atom. The van der Waals surface area contributed by atoms with Crippen LogP contribution in [0.2, 0.25) is 0 Å². The quantitative estimate of drug-likeness (QED) is 0.730. The molecule has 0 fully saturated rings. The molecule has 1 unspecified atom stereocenters. The minimum atomic E-state index is -0.328. The van der Waals surface area contributed by atoms with Crippen LogP contribution >= 0.6 is 15.9 Å². The second-order valence-corrected chi connectivity index (χ2v) is 4.36. The Morgan fingerprint density at radius 3 is 2.80 bits per heavy atom. The third kappa shape index (κ3) is 3.79. The number of nitrogens with one attached hydrogen (secondary N) is 1. The molecule has 0 aliphatic carbocycles. The van der Waals surface area contributed by atoms with Gasteiger partial charge in [-0.05, 0) is 25.1 Å². The Labute approximate surface area is 97.1 Å². The predicted molar refractivity (Wildman–Crippen MR) is 65.5 cm³/mol. The Balaban J connectivity index is 2.68. The normalized spacial score (nSPS) is 12.1. The highest BCUT2D eigenvalue weighted by atomic mass is 79.9. The monoisotopic (exact) mass is 271 g/mol. The van der Waals surface area contributed by atoms with Gasteiger partial charge in [-0.25, -0.2) is 0 Å². The molecule has 1 amide bonds. The summed E-state index contributed by atoms with van der Waals surface area (Å²) in [4.78, 5) is 10.7. The van der Waals surface area contributed by atoms with E-state index in [1.165, 1.54) is 0 Å². The maximum atomic E-state index is 10.7. The molecule has 0 spiro atoms. The number of nitrogens with two attached hydrogens (primary N) is 2. The van der Waals surface area contributed by atoms with E-state index in [1.54, 1.807) is 6.07 Å². The van der Waals surface area contributed by atoms with Crippen molar-refractivity contribution < 1.29 is 4.79 Å². The number of hydrogen-bond donors (Lipinski definition) is 3. The van der Waals surface area contributed by atoms with E-state index in [2.05, 4.69) is 21.2 Å². The molecule has 5 N–H and O–H groups in total. The van der Waals surface area contributed by atoms with Gasteiger partial charge in [-0.1, -0.05) is 15.9 Å². The van der Waals surface area contributed by atoms with Crippen LogP contribution in [0, 0.1) is 0 Å². The lowest BCUT2D eigenvalue weighted by atomic mass is 10.2. The molecule has 0 aliphatic rings. The van der Waals surface area contributed by atoms with Crippen LogP contribution in [0.15, 0.2) is 22.7 Å². The van der Waals surface area contributed by atoms with Crippen LogP contribution in [0.4, 0.5) is 11.4 Å². The zero-order chi connectivity index (χ0) is 11.4. The van der Waals surface area contributed by atoms with Gasteiger partial charge in [0, 0.05) is 16.9 Å². The van der Waals surface area contributed by atoms with Crippen molar-refractivity contribution in [3.63, 3.8) is 0 Å². The largest absolute Gasteiger partial charge is 0.397 e. The van der Waals surface area contributed by atoms with Crippen LogP contribution in [0.3, 0.4) is 0 Å². The number of amides is 1. The fourth-order valence-corrected chi connectivity index (χ4v) is 1.66. The summed E-state index contributed by atoms with van der Waals surface area (Å²) in [7, 11) is 0. The van der Waals surface area contributed by atoms with Crippen molar-refractivity contribution in [3.05, 3.63) is 22.7 Å². The van der Waals surface area contributed by atoms with Gasteiger partial charge < -0.3 is 16.8 Å². The first kappa shape index (κ1) is 11.8. The molecule has 0 aliphatic heterocycles. The van der Waals surface area contributed by atoms with Gasteiger partial charge in [-0.3, -0.25) is 4.79 Å². The summed E-state index contributed by atoms with van der Waals surface area (Å²) in [6.07, 6.45) is 0.287. The van der Waals surface area contributed by atoms with Crippen LogP contribution in [0.1, 0.15) is 13.3 Å². The fourth-order valence-electron chi connectivity index (χ4n) is 1.28. The highest BCUT2D eigenvalue weighted by Crippen LogP contribution is 2.23. The molecule has 1 aromatic rings. The van der Waals surface area contributed by atoms with E-state index in [0.29, 0.717) is 5.69 Å². The smallest absolute Gasteiger partial charge is 0.219 e. The van der Waals surface area contributed by atoms with E-state index >= 15 is 0 Å². The minimum absolute atomic E-state index is 0.0222. The number of hydrogen-bond acceptors (Lipinski definition) is 3. The van der Waals surface area contributed by atoms with Crippen molar-refractivity contribution in [1.29, 1.82) is 0 Å². The summed E-state index contributed by atoms with van der Waals surface area (Å²) in [6, 6.07) is 5.53. The molecule has 0 radical (unpaired) electrons. The van der Waals surface area contributed by atoms with Gasteiger partial charge in [0.05, 0.1) is 11.4 Å². The second-order valence-electron chi connectivity index (χ2n) is 3.45. The lowest BCUT2D eigenvalue weighted by Crippen LogP contribution is -2.24. The zero-order valence-corrected chi connectivity index (χ0v) is 10.0. The standard InChI is InChI=1S/C10H14BrN3O/c1-6(4-10(13)15)14-9-3-2-7(11)5-8(9)12/h2-3,5-6,14H,4,12H2,1H3,(H2,13,15). The number of halogens is 1. The molecule has 0 saturated carbocycles. The minimum Gasteiger partial charge on any atom is -0.397 e. The zero-order valence-electron chi connectivity index (χ0n) is 8.46. The number of anilines is 2. The molecule has 1 atom stereocenters. The maximum Gasteiger partial charge on any atom is 0.219 e. The van der Waals surface area contributed by atoms with Crippen molar-refractivity contribution in [2.75, 3.05) is 11.1 Å². The molecule has 5 heteroatoms. The van der Waals surface area contributed by atoms with E-state index in [9.17, 15) is 4.79 Å². The average Bonchev–Trinajstić information content (AvgIpc) is 2.08. The molecule has 0 heterocycles. The number of benzene rings is 1. The first-order valence-electron chi connectivity index (χ1n) is 4.59. The molecular weight excluding hydrogens is 258 g/mol. The SMILES string of the molecule is CC(CC(N)=O)Nc1ccc(Br)cc1N. The van der Waals surface area contributed by atoms with E-state index in [-0.39, 0.29) is 18.4 Å². The number of carbonyl (C=O) groups excluding carboxylic acids is 1. The Morgan fingerprint density at radius 1 is 1.60 bits per heavy atom. The summed E-state index contributed by atoms with van der Waals surface area (Å²) in [6.45, 7) is 1.88. The van der Waals surface area contributed by atoms with Crippen LogP contribution < -0.4 is 16.8 Å². The lowest BCUT2D eigenvalue weighted by molar-refractivity contribution is -0.118. The van der Waals surface area contributed by atoms with E-state index in [4.69, 9.17) is 11.5 Å². The van der Waals surface area contributed by atoms with Gasteiger partial charge in [0.15, 0.2) is 0 Å². The predicted octanol–water partition coefficient (Wildman–Crippen LogP) is 1.71. The molecule has 0 bridgehead atoms. The number of nitrogen functional groups attached to an aromatic ring is 1. The van der Waals surface area contributed by atoms with Gasteiger partial charge in [0.25, 0.3) is 0 Å². The molecule has 82 valence electrons. The summed E-state index contributed by atoms with van der Waals surface area (Å²) >= 11 is 3.32. The highest BCUT2D eigenvalue weighted by Gasteiger charge is 2.07. The number of primary amides is 1. The summed E-state index contributed by atoms with van der Waals surface area (Å²) < 4.78 is 0.924. The van der Waals surface area contributed by atoms with Crippen LogP contribution in [-0.4, -0.2) is 11.9 Å². The summed E-state index contributed by atoms with van der Waals surface area (Å²) in [5, 5.41) is 3.12. The molecular formula is C10H14BrN3O. The summed E-state index contributed by atoms with van der Waals surface area (Å²) in [5.41, 5.74) is 12.3. The van der Waals surface area contributed by atoms with E-state index in [1.807, 2.05) is 19.1 Å². The third-order valence-electron chi connectivity index (χ3n) is 1.92. The van der Waals surface area contributed by atoms with Gasteiger partial charge >= 0.3 is 0 Å². The van der Waals surface area contributed by atoms with Gasteiger partial charge in [-0.2, -0.15) is 0 Å². The Bertz CT molecular complexity index is 368. The molecule has 15 heavy (non-hydrogen) atoms. The lowest BCUT2D eigenvalue weighted by Gasteiger charge is -2.15. The Kier molecular flexibility index (Phi) is 3.96. The summed E-state index contributed by atoms with van der Waals surface area (Å²) in [5.74, 6) is -0.328. The molecule has 0 saturated heterocycles. The van der Waals surface area contributed by atoms with Crippen molar-refractivity contribution >= 4 is 33.2 Å². The van der Waals surface area contributed by atoms with Crippen molar-refractivity contribution in [1.82, 2.24) is 0 Å². The highest BCUT2D eigenvalue weighted by molar-refractivity contribution is 9.10.